The molecule has 1 heterocycles. The van der Waals surface area contributed by atoms with Crippen LogP contribution in [0.25, 0.3) is 0 Å². The van der Waals surface area contributed by atoms with Gasteiger partial charge in [-0.1, -0.05) is 30.9 Å². The van der Waals surface area contributed by atoms with Gasteiger partial charge in [0.05, 0.1) is 12.5 Å². The third kappa shape index (κ3) is 5.40. The van der Waals surface area contributed by atoms with Crippen molar-refractivity contribution in [1.29, 1.82) is 0 Å². The molecule has 1 aliphatic carbocycles. The van der Waals surface area contributed by atoms with Crippen molar-refractivity contribution in [3.05, 3.63) is 28.8 Å². The maximum Gasteiger partial charge on any atom is 0.309 e. The molecule has 1 saturated heterocycles. The lowest BCUT2D eigenvalue weighted by Crippen LogP contribution is -2.42. The highest BCUT2D eigenvalue weighted by Gasteiger charge is 2.28. The van der Waals surface area contributed by atoms with Crippen LogP contribution in [0.3, 0.4) is 0 Å². The van der Waals surface area contributed by atoms with Crippen LogP contribution in [0, 0.1) is 5.92 Å². The van der Waals surface area contributed by atoms with E-state index in [1.807, 2.05) is 25.1 Å². The van der Waals surface area contributed by atoms with Gasteiger partial charge < -0.3 is 14.4 Å². The molecule has 2 fully saturated rings. The van der Waals surface area contributed by atoms with Crippen molar-refractivity contribution >= 4 is 23.5 Å². The van der Waals surface area contributed by atoms with Gasteiger partial charge in [-0.05, 0) is 62.3 Å². The normalized spacial score (nSPS) is 18.7. The van der Waals surface area contributed by atoms with Gasteiger partial charge in [0.2, 0.25) is 0 Å². The van der Waals surface area contributed by atoms with Crippen LogP contribution in [0.5, 0.6) is 5.75 Å². The van der Waals surface area contributed by atoms with E-state index in [1.54, 1.807) is 4.90 Å². The molecule has 1 aliphatic heterocycles. The summed E-state index contributed by atoms with van der Waals surface area (Å²) in [6.45, 7) is 3.37. The number of benzene rings is 1. The Kier molecular flexibility index (Phi) is 7.60. The second-order valence-corrected chi connectivity index (χ2v) is 8.15. The van der Waals surface area contributed by atoms with Crippen molar-refractivity contribution < 1.29 is 19.1 Å². The quantitative estimate of drug-likeness (QED) is 0.648. The van der Waals surface area contributed by atoms with Gasteiger partial charge in [0.1, 0.15) is 5.75 Å². The van der Waals surface area contributed by atoms with Gasteiger partial charge in [-0.2, -0.15) is 0 Å². The predicted molar refractivity (Wildman–Crippen MR) is 109 cm³/mol. The molecule has 6 heteroatoms. The van der Waals surface area contributed by atoms with Crippen molar-refractivity contribution in [2.75, 3.05) is 26.3 Å². The fourth-order valence-electron chi connectivity index (χ4n) is 4.24. The van der Waals surface area contributed by atoms with E-state index in [2.05, 4.69) is 0 Å². The Morgan fingerprint density at radius 1 is 1.11 bits per heavy atom. The van der Waals surface area contributed by atoms with E-state index in [1.165, 1.54) is 19.3 Å². The summed E-state index contributed by atoms with van der Waals surface area (Å²) in [6, 6.07) is 5.69. The molecule has 28 heavy (non-hydrogen) atoms. The third-order valence-corrected chi connectivity index (χ3v) is 6.07. The summed E-state index contributed by atoms with van der Waals surface area (Å²) in [7, 11) is 0. The van der Waals surface area contributed by atoms with Crippen LogP contribution in [0.15, 0.2) is 18.2 Å². The molecule has 2 aliphatic rings. The zero-order chi connectivity index (χ0) is 19.9. The number of carbonyl (C=O) groups is 2. The molecule has 3 rings (SSSR count). The minimum Gasteiger partial charge on any atom is -0.483 e. The van der Waals surface area contributed by atoms with Crippen molar-refractivity contribution in [2.45, 2.75) is 57.8 Å². The number of esters is 1. The van der Waals surface area contributed by atoms with E-state index in [4.69, 9.17) is 21.1 Å². The summed E-state index contributed by atoms with van der Waals surface area (Å²) in [5.41, 5.74) is 1.13. The summed E-state index contributed by atoms with van der Waals surface area (Å²) in [6.07, 6.45) is 7.33. The molecule has 0 atom stereocenters. The Morgan fingerprint density at radius 2 is 1.82 bits per heavy atom. The van der Waals surface area contributed by atoms with Crippen molar-refractivity contribution in [1.82, 2.24) is 4.90 Å². The number of carbonyl (C=O) groups excluding carboxylic acids is 2. The minimum absolute atomic E-state index is 0.0193. The van der Waals surface area contributed by atoms with Crippen LogP contribution >= 0.6 is 11.6 Å². The molecule has 0 aromatic heterocycles. The minimum atomic E-state index is -0.149. The van der Waals surface area contributed by atoms with Crippen LogP contribution < -0.4 is 4.74 Å². The largest absolute Gasteiger partial charge is 0.483 e. The second kappa shape index (κ2) is 10.1. The zero-order valence-electron chi connectivity index (χ0n) is 16.6. The maximum atomic E-state index is 12.6. The van der Waals surface area contributed by atoms with Gasteiger partial charge >= 0.3 is 5.97 Å². The van der Waals surface area contributed by atoms with Crippen LogP contribution in [0.2, 0.25) is 5.02 Å². The highest BCUT2D eigenvalue weighted by molar-refractivity contribution is 6.30. The highest BCUT2D eigenvalue weighted by atomic mass is 35.5. The van der Waals surface area contributed by atoms with Crippen LogP contribution in [-0.2, 0) is 14.3 Å². The lowest BCUT2D eigenvalue weighted by atomic mass is 9.84. The maximum absolute atomic E-state index is 12.6. The van der Waals surface area contributed by atoms with Gasteiger partial charge in [-0.25, -0.2) is 0 Å². The van der Waals surface area contributed by atoms with Gasteiger partial charge in [0, 0.05) is 18.1 Å². The van der Waals surface area contributed by atoms with E-state index < -0.39 is 0 Å². The second-order valence-electron chi connectivity index (χ2n) is 7.71. The number of rotatable bonds is 6. The molecular weight excluding hydrogens is 378 g/mol. The van der Waals surface area contributed by atoms with Crippen molar-refractivity contribution in [2.24, 2.45) is 5.92 Å². The fourth-order valence-corrected chi connectivity index (χ4v) is 4.42. The number of hydrogen-bond acceptors (Lipinski definition) is 4. The molecule has 0 radical (unpaired) electrons. The van der Waals surface area contributed by atoms with E-state index >= 15 is 0 Å². The van der Waals surface area contributed by atoms with E-state index in [9.17, 15) is 9.59 Å². The standard InChI is InChI=1S/C22H30ClNO4/c1-2-27-22(26)17-10-12-24(13-11-17)21(25)15-28-20-9-8-18(23)14-19(20)16-6-4-3-5-7-16/h8-9,14,16-17H,2-7,10-13,15H2,1H3. The van der Waals surface area contributed by atoms with Crippen molar-refractivity contribution in [3.63, 3.8) is 0 Å². The monoisotopic (exact) mass is 407 g/mol. The first kappa shape index (κ1) is 21.0. The van der Waals surface area contributed by atoms with Crippen molar-refractivity contribution in [3.8, 4) is 5.75 Å². The topological polar surface area (TPSA) is 55.8 Å². The van der Waals surface area contributed by atoms with Gasteiger partial charge in [-0.15, -0.1) is 0 Å². The number of likely N-dealkylation sites (tertiary alicyclic amines) is 1. The Bertz CT molecular complexity index is 679. The first-order valence-electron chi connectivity index (χ1n) is 10.4. The number of piperidine rings is 1. The van der Waals surface area contributed by atoms with Crippen LogP contribution in [-0.4, -0.2) is 43.1 Å². The summed E-state index contributed by atoms with van der Waals surface area (Å²) in [5.74, 6) is 0.944. The number of halogens is 1. The molecule has 1 saturated carbocycles. The highest BCUT2D eigenvalue weighted by Crippen LogP contribution is 2.38. The predicted octanol–water partition coefficient (Wildman–Crippen LogP) is 4.57. The summed E-state index contributed by atoms with van der Waals surface area (Å²) in [5, 5.41) is 0.709. The molecule has 0 unspecified atom stereocenters. The van der Waals surface area contributed by atoms with E-state index in [0.29, 0.717) is 43.5 Å². The molecular formula is C22H30ClNO4. The van der Waals surface area contributed by atoms with Crippen LogP contribution in [0.1, 0.15) is 63.4 Å². The van der Waals surface area contributed by atoms with Gasteiger partial charge in [-0.3, -0.25) is 9.59 Å². The van der Waals surface area contributed by atoms with E-state index in [-0.39, 0.29) is 24.4 Å². The Morgan fingerprint density at radius 3 is 2.50 bits per heavy atom. The molecule has 5 nitrogen and oxygen atoms in total. The SMILES string of the molecule is CCOC(=O)C1CCN(C(=O)COc2ccc(Cl)cc2C2CCCCC2)CC1. The van der Waals surface area contributed by atoms with Gasteiger partial charge in [0.25, 0.3) is 5.91 Å². The summed E-state index contributed by atoms with van der Waals surface area (Å²) < 4.78 is 11.0. The molecule has 1 amide bonds. The summed E-state index contributed by atoms with van der Waals surface area (Å²) in [4.78, 5) is 26.2. The molecule has 0 N–H and O–H groups in total. The first-order chi connectivity index (χ1) is 13.6. The number of amides is 1. The van der Waals surface area contributed by atoms with E-state index in [0.717, 1.165) is 24.2 Å². The lowest BCUT2D eigenvalue weighted by molar-refractivity contribution is -0.151. The average molecular weight is 408 g/mol. The molecule has 0 bridgehead atoms. The smallest absolute Gasteiger partial charge is 0.309 e. The Balaban J connectivity index is 1.54. The van der Waals surface area contributed by atoms with Gasteiger partial charge in [0.15, 0.2) is 6.61 Å². The Hall–Kier alpha value is -1.75. The number of ether oxygens (including phenoxy) is 2. The molecule has 1 aromatic rings. The molecule has 154 valence electrons. The number of hydrogen-bond donors (Lipinski definition) is 0. The average Bonchev–Trinajstić information content (AvgIpc) is 2.73. The fraction of sp³-hybridized carbons (Fsp3) is 0.636. The van der Waals surface area contributed by atoms with Crippen LogP contribution in [0.4, 0.5) is 0 Å². The third-order valence-electron chi connectivity index (χ3n) is 5.84. The lowest BCUT2D eigenvalue weighted by Gasteiger charge is -2.31. The molecule has 0 spiro atoms. The molecule has 1 aromatic carbocycles. The first-order valence-corrected chi connectivity index (χ1v) is 10.8. The zero-order valence-corrected chi connectivity index (χ0v) is 17.4. The number of nitrogens with zero attached hydrogens (tertiary/aromatic N) is 1. The Labute approximate surface area is 172 Å². The summed E-state index contributed by atoms with van der Waals surface area (Å²) >= 11 is 6.21.